The number of rotatable bonds is 5. The normalized spacial score (nSPS) is 20.2. The summed E-state index contributed by atoms with van der Waals surface area (Å²) in [5.74, 6) is 0.268. The summed E-state index contributed by atoms with van der Waals surface area (Å²) in [5, 5.41) is 16.8. The Labute approximate surface area is 157 Å². The molecule has 0 amide bonds. The molecule has 0 bridgehead atoms. The Morgan fingerprint density at radius 1 is 0.654 bits per heavy atom. The fourth-order valence-corrected chi connectivity index (χ4v) is 9.07. The monoisotopic (exact) mass is 360 g/mol. The molecule has 0 aromatic heterocycles. The van der Waals surface area contributed by atoms with Gasteiger partial charge in [-0.05, 0) is 48.7 Å². The molecular weight excluding hydrogens is 335 g/mol. The Kier molecular flexibility index (Phi) is 5.20. The average Bonchev–Trinajstić information content (AvgIpc) is 3.12. The van der Waals surface area contributed by atoms with Gasteiger partial charge in [0.2, 0.25) is 0 Å². The molecule has 1 saturated carbocycles. The lowest BCUT2D eigenvalue weighted by Crippen LogP contribution is -2.39. The lowest BCUT2D eigenvalue weighted by atomic mass is 10.1. The van der Waals surface area contributed by atoms with Crippen molar-refractivity contribution in [1.29, 1.82) is 0 Å². The standard InChI is InChI=1S/C24H25OP/c25-24-18-10-11-20(24)19-26(21-12-4-1-5-13-21,22-14-6-2-7-15-22)23-16-8-3-9-17-23/h1-9,12-17,20,24H,10-11,18-19H2/t20-,24+/m1/s1. The number of hydrogen-bond acceptors (Lipinski definition) is 1. The van der Waals surface area contributed by atoms with Crippen molar-refractivity contribution in [1.82, 2.24) is 0 Å². The first-order valence-electron chi connectivity index (χ1n) is 9.51. The molecule has 1 aliphatic rings. The lowest BCUT2D eigenvalue weighted by molar-refractivity contribution is -0.426. The average molecular weight is 360 g/mol. The third-order valence-electron chi connectivity index (χ3n) is 5.69. The first-order chi connectivity index (χ1) is 12.8. The van der Waals surface area contributed by atoms with Gasteiger partial charge in [-0.1, -0.05) is 67.4 Å². The van der Waals surface area contributed by atoms with Gasteiger partial charge in [-0.25, -0.2) is 0 Å². The molecule has 0 saturated heterocycles. The Balaban J connectivity index is 1.94. The first kappa shape index (κ1) is 17.5. The summed E-state index contributed by atoms with van der Waals surface area (Å²) in [4.78, 5) is 0. The summed E-state index contributed by atoms with van der Waals surface area (Å²) in [6, 6.07) is 32.7. The van der Waals surface area contributed by atoms with Crippen molar-refractivity contribution in [2.24, 2.45) is 5.92 Å². The smallest absolute Gasteiger partial charge is 0.112 e. The highest BCUT2D eigenvalue weighted by Gasteiger charge is 2.47. The van der Waals surface area contributed by atoms with Gasteiger partial charge >= 0.3 is 0 Å². The zero-order valence-electron chi connectivity index (χ0n) is 15.0. The molecule has 0 unspecified atom stereocenters. The minimum absolute atomic E-state index is 0.268. The Bertz CT molecular complexity index is 720. The van der Waals surface area contributed by atoms with Gasteiger partial charge in [-0.3, -0.25) is 0 Å². The summed E-state index contributed by atoms with van der Waals surface area (Å²) in [5.41, 5.74) is 0. The van der Waals surface area contributed by atoms with Crippen LogP contribution in [0.4, 0.5) is 0 Å². The second kappa shape index (κ2) is 7.74. The Hall–Kier alpha value is -1.95. The molecule has 4 rings (SSSR count). The minimum Gasteiger partial charge on any atom is -0.852 e. The van der Waals surface area contributed by atoms with E-state index in [0.29, 0.717) is 0 Å². The van der Waals surface area contributed by atoms with Gasteiger partial charge in [-0.15, -0.1) is 6.10 Å². The minimum atomic E-state index is -1.84. The van der Waals surface area contributed by atoms with Gasteiger partial charge < -0.3 is 5.11 Å². The van der Waals surface area contributed by atoms with Crippen LogP contribution in [0.15, 0.2) is 91.0 Å². The van der Waals surface area contributed by atoms with Crippen LogP contribution in [-0.4, -0.2) is 12.3 Å². The van der Waals surface area contributed by atoms with E-state index in [2.05, 4.69) is 91.0 Å². The van der Waals surface area contributed by atoms with Crippen molar-refractivity contribution in [3.63, 3.8) is 0 Å². The topological polar surface area (TPSA) is 23.1 Å². The lowest BCUT2D eigenvalue weighted by Gasteiger charge is -2.33. The van der Waals surface area contributed by atoms with Crippen LogP contribution >= 0.6 is 7.26 Å². The van der Waals surface area contributed by atoms with E-state index in [0.717, 1.165) is 25.4 Å². The molecule has 3 aromatic carbocycles. The second-order valence-electron chi connectivity index (χ2n) is 7.23. The molecule has 132 valence electrons. The quantitative estimate of drug-likeness (QED) is 0.639. The Morgan fingerprint density at radius 3 is 1.42 bits per heavy atom. The molecular formula is C24H25OP. The highest BCUT2D eigenvalue weighted by Crippen LogP contribution is 2.57. The molecule has 0 spiro atoms. The molecule has 1 fully saturated rings. The van der Waals surface area contributed by atoms with Gasteiger partial charge in [0.05, 0.1) is 6.16 Å². The number of hydrogen-bond donors (Lipinski definition) is 0. The maximum absolute atomic E-state index is 12.6. The van der Waals surface area contributed by atoms with Crippen molar-refractivity contribution in [2.45, 2.75) is 25.4 Å². The van der Waals surface area contributed by atoms with Crippen LogP contribution in [0.3, 0.4) is 0 Å². The highest BCUT2D eigenvalue weighted by molar-refractivity contribution is 7.95. The molecule has 1 nitrogen and oxygen atoms in total. The molecule has 3 aromatic rings. The van der Waals surface area contributed by atoms with Crippen LogP contribution in [0.1, 0.15) is 19.3 Å². The SMILES string of the molecule is [O-][C@H]1CCC[C@@H]1C[P+](c1ccccc1)(c1ccccc1)c1ccccc1. The Morgan fingerprint density at radius 2 is 1.08 bits per heavy atom. The molecule has 0 heterocycles. The van der Waals surface area contributed by atoms with E-state index in [1.54, 1.807) is 0 Å². The van der Waals surface area contributed by atoms with Gasteiger partial charge in [-0.2, -0.15) is 0 Å². The molecule has 0 radical (unpaired) electrons. The maximum Gasteiger partial charge on any atom is 0.112 e. The van der Waals surface area contributed by atoms with Crippen molar-refractivity contribution < 1.29 is 5.11 Å². The third-order valence-corrected chi connectivity index (χ3v) is 10.2. The van der Waals surface area contributed by atoms with Crippen molar-refractivity contribution in [3.05, 3.63) is 91.0 Å². The summed E-state index contributed by atoms with van der Waals surface area (Å²) in [7, 11) is -1.84. The summed E-state index contributed by atoms with van der Waals surface area (Å²) in [6.45, 7) is 0. The van der Waals surface area contributed by atoms with Crippen LogP contribution in [-0.2, 0) is 0 Å². The molecule has 1 aliphatic carbocycles. The van der Waals surface area contributed by atoms with Gasteiger partial charge in [0, 0.05) is 0 Å². The molecule has 0 N–H and O–H groups in total. The van der Waals surface area contributed by atoms with E-state index >= 15 is 0 Å². The van der Waals surface area contributed by atoms with Crippen LogP contribution in [0.25, 0.3) is 0 Å². The van der Waals surface area contributed by atoms with Crippen LogP contribution in [0, 0.1) is 5.92 Å². The maximum atomic E-state index is 12.6. The predicted octanol–water partition coefficient (Wildman–Crippen LogP) is 3.51. The van der Waals surface area contributed by atoms with Gasteiger partial charge in [0.15, 0.2) is 0 Å². The van der Waals surface area contributed by atoms with Gasteiger partial charge in [0.25, 0.3) is 0 Å². The van der Waals surface area contributed by atoms with E-state index in [1.165, 1.54) is 15.9 Å². The van der Waals surface area contributed by atoms with E-state index in [1.807, 2.05) is 0 Å². The summed E-state index contributed by atoms with van der Waals surface area (Å²) in [6.07, 6.45) is 3.56. The van der Waals surface area contributed by atoms with Crippen LogP contribution < -0.4 is 21.0 Å². The van der Waals surface area contributed by atoms with E-state index in [-0.39, 0.29) is 5.92 Å². The van der Waals surface area contributed by atoms with Crippen molar-refractivity contribution in [2.75, 3.05) is 6.16 Å². The van der Waals surface area contributed by atoms with Crippen molar-refractivity contribution in [3.8, 4) is 0 Å². The van der Waals surface area contributed by atoms with Gasteiger partial charge in [0.1, 0.15) is 23.2 Å². The first-order valence-corrected chi connectivity index (χ1v) is 11.5. The van der Waals surface area contributed by atoms with E-state index in [4.69, 9.17) is 0 Å². The second-order valence-corrected chi connectivity index (χ2v) is 10.8. The zero-order chi connectivity index (χ0) is 17.8. The molecule has 26 heavy (non-hydrogen) atoms. The largest absolute Gasteiger partial charge is 0.852 e. The summed E-state index contributed by atoms with van der Waals surface area (Å²) >= 11 is 0. The fraction of sp³-hybridized carbons (Fsp3) is 0.250. The molecule has 0 aliphatic heterocycles. The predicted molar refractivity (Wildman–Crippen MR) is 111 cm³/mol. The highest BCUT2D eigenvalue weighted by atomic mass is 31.2. The van der Waals surface area contributed by atoms with Crippen molar-refractivity contribution >= 4 is 23.2 Å². The van der Waals surface area contributed by atoms with Crippen LogP contribution in [0.5, 0.6) is 0 Å². The zero-order valence-corrected chi connectivity index (χ0v) is 15.9. The fourth-order valence-electron chi connectivity index (χ4n) is 4.37. The molecule has 2 atom stereocenters. The number of benzene rings is 3. The van der Waals surface area contributed by atoms with E-state index in [9.17, 15) is 5.11 Å². The van der Waals surface area contributed by atoms with Crippen LogP contribution in [0.2, 0.25) is 0 Å². The van der Waals surface area contributed by atoms with E-state index < -0.39 is 13.4 Å². The summed E-state index contributed by atoms with van der Waals surface area (Å²) < 4.78 is 0. The molecule has 2 heteroatoms. The third kappa shape index (κ3) is 3.22.